The molecule has 0 bridgehead atoms. The summed E-state index contributed by atoms with van der Waals surface area (Å²) in [7, 11) is 0. The zero-order valence-corrected chi connectivity index (χ0v) is 18.8. The fourth-order valence-corrected chi connectivity index (χ4v) is 4.38. The molecule has 2 N–H and O–H groups in total. The van der Waals surface area contributed by atoms with E-state index in [1.54, 1.807) is 6.07 Å². The average molecular weight is 460 g/mol. The fourth-order valence-electron chi connectivity index (χ4n) is 3.53. The van der Waals surface area contributed by atoms with E-state index in [0.29, 0.717) is 29.2 Å². The number of aromatic nitrogens is 2. The van der Waals surface area contributed by atoms with Gasteiger partial charge in [-0.05, 0) is 49.4 Å². The van der Waals surface area contributed by atoms with Crippen molar-refractivity contribution in [2.75, 3.05) is 23.7 Å². The first-order valence-electron chi connectivity index (χ1n) is 10.6. The van der Waals surface area contributed by atoms with Crippen LogP contribution in [0.3, 0.4) is 0 Å². The molecular formula is C22H26ClN5O2S. The van der Waals surface area contributed by atoms with Gasteiger partial charge in [-0.3, -0.25) is 9.59 Å². The van der Waals surface area contributed by atoms with Gasteiger partial charge in [-0.25, -0.2) is 0 Å². The minimum atomic E-state index is -0.0867. The van der Waals surface area contributed by atoms with Gasteiger partial charge in [0.2, 0.25) is 11.8 Å². The molecule has 0 unspecified atom stereocenters. The summed E-state index contributed by atoms with van der Waals surface area (Å²) in [5.74, 6) is 1.11. The van der Waals surface area contributed by atoms with Crippen molar-refractivity contribution in [3.05, 3.63) is 47.0 Å². The fraction of sp³-hybridized carbons (Fsp3) is 0.455. The van der Waals surface area contributed by atoms with Gasteiger partial charge in [0.15, 0.2) is 5.82 Å². The van der Waals surface area contributed by atoms with E-state index in [0.717, 1.165) is 43.6 Å². The normalized spacial score (nSPS) is 18.5. The van der Waals surface area contributed by atoms with Crippen LogP contribution in [0.5, 0.6) is 0 Å². The molecule has 2 fully saturated rings. The number of carbonyl (C=O) groups is 2. The summed E-state index contributed by atoms with van der Waals surface area (Å²) in [6.07, 6.45) is 4.09. The molecule has 0 radical (unpaired) electrons. The summed E-state index contributed by atoms with van der Waals surface area (Å²) < 4.78 is 0. The van der Waals surface area contributed by atoms with Crippen LogP contribution in [0.2, 0.25) is 5.02 Å². The number of carbonyl (C=O) groups excluding carboxylic acids is 2. The van der Waals surface area contributed by atoms with Crippen molar-refractivity contribution >= 4 is 41.0 Å². The summed E-state index contributed by atoms with van der Waals surface area (Å²) in [6, 6.07) is 11.6. The highest BCUT2D eigenvalue weighted by Crippen LogP contribution is 2.25. The first-order chi connectivity index (χ1) is 15.1. The second kappa shape index (κ2) is 10.3. The Kier molecular flexibility index (Phi) is 7.29. The van der Waals surface area contributed by atoms with Crippen molar-refractivity contribution in [3.8, 4) is 0 Å². The third kappa shape index (κ3) is 6.33. The van der Waals surface area contributed by atoms with Gasteiger partial charge in [-0.1, -0.05) is 41.6 Å². The van der Waals surface area contributed by atoms with Crippen LogP contribution in [-0.2, 0) is 16.1 Å². The Balaban J connectivity index is 1.23. The van der Waals surface area contributed by atoms with E-state index >= 15 is 0 Å². The number of hydrogen-bond acceptors (Lipinski definition) is 6. The van der Waals surface area contributed by atoms with E-state index in [2.05, 4.69) is 25.7 Å². The molecular weight excluding hydrogens is 434 g/mol. The number of benzene rings is 1. The van der Waals surface area contributed by atoms with Gasteiger partial charge in [0.25, 0.3) is 0 Å². The number of thioether (sulfide) groups is 1. The second-order valence-corrected chi connectivity index (χ2v) is 9.36. The lowest BCUT2D eigenvalue weighted by atomic mass is 9.97. The largest absolute Gasteiger partial charge is 0.354 e. The number of piperidine rings is 1. The molecule has 7 nitrogen and oxygen atoms in total. The number of anilines is 1. The van der Waals surface area contributed by atoms with Crippen LogP contribution in [0.4, 0.5) is 5.82 Å². The SMILES string of the molecule is O=C(CSc1ccc(N2CCC[C@@H](C(=O)NC3CC3)C2)nn1)NCc1ccccc1Cl. The third-order valence-corrected chi connectivity index (χ3v) is 6.74. The van der Waals surface area contributed by atoms with E-state index in [-0.39, 0.29) is 23.5 Å². The van der Waals surface area contributed by atoms with Crippen molar-refractivity contribution in [1.29, 1.82) is 0 Å². The molecule has 1 aromatic carbocycles. The molecule has 1 aromatic heterocycles. The summed E-state index contributed by atoms with van der Waals surface area (Å²) in [5, 5.41) is 15.9. The highest BCUT2D eigenvalue weighted by Gasteiger charge is 2.30. The lowest BCUT2D eigenvalue weighted by molar-refractivity contribution is -0.125. The van der Waals surface area contributed by atoms with Crippen LogP contribution in [-0.4, -0.2) is 46.9 Å². The monoisotopic (exact) mass is 459 g/mol. The molecule has 4 rings (SSSR count). The summed E-state index contributed by atoms with van der Waals surface area (Å²) in [4.78, 5) is 26.6. The maximum Gasteiger partial charge on any atom is 0.230 e. The maximum absolute atomic E-state index is 12.4. The van der Waals surface area contributed by atoms with Crippen LogP contribution in [0.15, 0.2) is 41.4 Å². The van der Waals surface area contributed by atoms with E-state index in [1.807, 2.05) is 30.3 Å². The minimum Gasteiger partial charge on any atom is -0.354 e. The Morgan fingerprint density at radius 3 is 2.71 bits per heavy atom. The first-order valence-corrected chi connectivity index (χ1v) is 12.0. The number of rotatable bonds is 8. The van der Waals surface area contributed by atoms with Gasteiger partial charge in [0.05, 0.1) is 11.7 Å². The molecule has 164 valence electrons. The summed E-state index contributed by atoms with van der Waals surface area (Å²) in [6.45, 7) is 1.94. The zero-order valence-electron chi connectivity index (χ0n) is 17.2. The number of nitrogens with one attached hydrogen (secondary N) is 2. The number of nitrogens with zero attached hydrogens (tertiary/aromatic N) is 3. The quantitative estimate of drug-likeness (QED) is 0.590. The van der Waals surface area contributed by atoms with Gasteiger partial charge in [0, 0.05) is 30.7 Å². The van der Waals surface area contributed by atoms with E-state index < -0.39 is 0 Å². The first kappa shape index (κ1) is 21.9. The lowest BCUT2D eigenvalue weighted by Gasteiger charge is -2.32. The molecule has 1 saturated heterocycles. The highest BCUT2D eigenvalue weighted by molar-refractivity contribution is 7.99. The van der Waals surface area contributed by atoms with Gasteiger partial charge >= 0.3 is 0 Å². The number of amides is 2. The van der Waals surface area contributed by atoms with Crippen LogP contribution in [0.1, 0.15) is 31.2 Å². The standard InChI is InChI=1S/C22H26ClN5O2S/c23-18-6-2-1-4-15(18)12-24-20(29)14-31-21-10-9-19(26-27-21)28-11-3-5-16(13-28)22(30)25-17-7-8-17/h1-2,4,6,9-10,16-17H,3,5,7-8,11-14H2,(H,24,29)(H,25,30)/t16-/m1/s1. The molecule has 2 aromatic rings. The molecule has 1 saturated carbocycles. The molecule has 1 aliphatic carbocycles. The van der Waals surface area contributed by atoms with Crippen molar-refractivity contribution < 1.29 is 9.59 Å². The van der Waals surface area contributed by atoms with Crippen molar-refractivity contribution in [2.24, 2.45) is 5.92 Å². The van der Waals surface area contributed by atoms with E-state index in [4.69, 9.17) is 11.6 Å². The summed E-state index contributed by atoms with van der Waals surface area (Å²) >= 11 is 7.45. The number of hydrogen-bond donors (Lipinski definition) is 2. The Hall–Kier alpha value is -2.32. The van der Waals surface area contributed by atoms with Crippen molar-refractivity contribution in [2.45, 2.75) is 43.3 Å². The number of halogens is 1. The van der Waals surface area contributed by atoms with Crippen LogP contribution < -0.4 is 15.5 Å². The van der Waals surface area contributed by atoms with Crippen LogP contribution in [0, 0.1) is 5.92 Å². The third-order valence-electron chi connectivity index (χ3n) is 5.45. The predicted octanol–water partition coefficient (Wildman–Crippen LogP) is 3.03. The molecule has 0 spiro atoms. The molecule has 31 heavy (non-hydrogen) atoms. The van der Waals surface area contributed by atoms with E-state index in [1.165, 1.54) is 11.8 Å². The Bertz CT molecular complexity index is 922. The van der Waals surface area contributed by atoms with Crippen LogP contribution in [0.25, 0.3) is 0 Å². The van der Waals surface area contributed by atoms with Crippen LogP contribution >= 0.6 is 23.4 Å². The predicted molar refractivity (Wildman–Crippen MR) is 122 cm³/mol. The maximum atomic E-state index is 12.4. The van der Waals surface area contributed by atoms with Gasteiger partial charge in [-0.15, -0.1) is 10.2 Å². The molecule has 2 heterocycles. The van der Waals surface area contributed by atoms with Crippen molar-refractivity contribution in [1.82, 2.24) is 20.8 Å². The second-order valence-electron chi connectivity index (χ2n) is 7.95. The Labute approximate surface area is 191 Å². The van der Waals surface area contributed by atoms with Gasteiger partial charge in [0.1, 0.15) is 5.03 Å². The Morgan fingerprint density at radius 1 is 1.13 bits per heavy atom. The summed E-state index contributed by atoms with van der Waals surface area (Å²) in [5.41, 5.74) is 0.886. The smallest absolute Gasteiger partial charge is 0.230 e. The zero-order chi connectivity index (χ0) is 21.6. The molecule has 2 amide bonds. The average Bonchev–Trinajstić information content (AvgIpc) is 3.61. The van der Waals surface area contributed by atoms with Crippen molar-refractivity contribution in [3.63, 3.8) is 0 Å². The molecule has 1 aliphatic heterocycles. The Morgan fingerprint density at radius 2 is 1.97 bits per heavy atom. The van der Waals surface area contributed by atoms with Gasteiger partial charge in [-0.2, -0.15) is 0 Å². The highest BCUT2D eigenvalue weighted by atomic mass is 35.5. The molecule has 2 aliphatic rings. The lowest BCUT2D eigenvalue weighted by Crippen LogP contribution is -2.44. The van der Waals surface area contributed by atoms with E-state index in [9.17, 15) is 9.59 Å². The minimum absolute atomic E-state index is 0.00650. The topological polar surface area (TPSA) is 87.2 Å². The molecule has 1 atom stereocenters. The van der Waals surface area contributed by atoms with Gasteiger partial charge < -0.3 is 15.5 Å². The molecule has 9 heteroatoms.